The first kappa shape index (κ1) is 44.8. The second kappa shape index (κ2) is 20.9. The molecular formula is C43H82N2O6. The average Bonchev–Trinajstić information content (AvgIpc) is 3.38. The molecule has 14 atom stereocenters. The van der Waals surface area contributed by atoms with Crippen molar-refractivity contribution in [1.82, 2.24) is 10.2 Å². The Labute approximate surface area is 313 Å². The van der Waals surface area contributed by atoms with Crippen LogP contribution in [-0.2, 0) is 19.0 Å². The Morgan fingerprint density at radius 3 is 2.31 bits per heavy atom. The van der Waals surface area contributed by atoms with Crippen LogP contribution in [0, 0.1) is 58.2 Å². The van der Waals surface area contributed by atoms with Crippen molar-refractivity contribution in [2.45, 2.75) is 163 Å². The van der Waals surface area contributed by atoms with Gasteiger partial charge in [0.2, 0.25) is 0 Å². The number of carbonyl (C=O) groups excluding carboxylic acids is 1. The molecule has 0 aromatic carbocycles. The van der Waals surface area contributed by atoms with Gasteiger partial charge >= 0.3 is 0 Å². The molecule has 0 radical (unpaired) electrons. The molecule has 1 heterocycles. The van der Waals surface area contributed by atoms with Crippen LogP contribution < -0.4 is 5.32 Å². The van der Waals surface area contributed by atoms with Crippen LogP contribution >= 0.6 is 0 Å². The number of carbonyl (C=O) groups is 1. The molecule has 4 aliphatic carbocycles. The van der Waals surface area contributed by atoms with Crippen LogP contribution in [0.2, 0.25) is 0 Å². The van der Waals surface area contributed by atoms with Gasteiger partial charge in [-0.05, 0) is 145 Å². The molecule has 0 aromatic rings. The predicted octanol–water partition coefficient (Wildman–Crippen LogP) is 7.58. The summed E-state index contributed by atoms with van der Waals surface area (Å²) in [5.41, 5.74) is 0.738. The fraction of sp³-hybridized carbons (Fsp3) is 0.977. The third kappa shape index (κ3) is 11.2. The zero-order chi connectivity index (χ0) is 37.9. The van der Waals surface area contributed by atoms with Gasteiger partial charge in [0.25, 0.3) is 0 Å². The van der Waals surface area contributed by atoms with E-state index >= 15 is 0 Å². The molecule has 8 nitrogen and oxygen atoms in total. The average molecular weight is 723 g/mol. The summed E-state index contributed by atoms with van der Waals surface area (Å²) < 4.78 is 20.0. The Kier molecular flexibility index (Phi) is 18.4. The van der Waals surface area contributed by atoms with Crippen LogP contribution in [0.3, 0.4) is 0 Å². The molecule has 5 rings (SSSR count). The van der Waals surface area contributed by atoms with Gasteiger partial charge in [-0.2, -0.15) is 0 Å². The van der Waals surface area contributed by atoms with Crippen molar-refractivity contribution in [2.75, 3.05) is 47.4 Å². The van der Waals surface area contributed by atoms with E-state index in [0.717, 1.165) is 76.0 Å². The summed E-state index contributed by atoms with van der Waals surface area (Å²) in [4.78, 5) is 11.3. The van der Waals surface area contributed by atoms with E-state index in [1.807, 2.05) is 7.05 Å². The molecule has 0 bridgehead atoms. The molecule has 5 fully saturated rings. The monoisotopic (exact) mass is 723 g/mol. The van der Waals surface area contributed by atoms with Crippen molar-refractivity contribution < 1.29 is 29.2 Å². The Morgan fingerprint density at radius 2 is 1.65 bits per heavy atom. The Hall–Kier alpha value is -0.610. The van der Waals surface area contributed by atoms with Crippen LogP contribution in [0.5, 0.6) is 0 Å². The van der Waals surface area contributed by atoms with E-state index in [4.69, 9.17) is 24.1 Å². The summed E-state index contributed by atoms with van der Waals surface area (Å²) in [5.74, 6) is 5.41. The second-order valence-corrected chi connectivity index (χ2v) is 18.4. The van der Waals surface area contributed by atoms with Gasteiger partial charge < -0.3 is 39.4 Å². The number of aliphatic hydroxyl groups excluding tert-OH is 2. The van der Waals surface area contributed by atoms with Gasteiger partial charge in [0.15, 0.2) is 6.29 Å². The maximum Gasteiger partial charge on any atom is 0.160 e. The first-order chi connectivity index (χ1) is 24.3. The molecule has 0 amide bonds. The fourth-order valence-electron chi connectivity index (χ4n) is 12.1. The molecule has 0 aromatic heterocycles. The minimum atomic E-state index is -0.152. The quantitative estimate of drug-likeness (QED) is 0.158. The molecule has 4 saturated carbocycles. The Balaban J connectivity index is 0.00000133. The van der Waals surface area contributed by atoms with Gasteiger partial charge in [-0.25, -0.2) is 0 Å². The highest BCUT2D eigenvalue weighted by molar-refractivity contribution is 5.44. The summed E-state index contributed by atoms with van der Waals surface area (Å²) in [6.45, 7) is 22.4. The second-order valence-electron chi connectivity index (χ2n) is 18.4. The zero-order valence-corrected chi connectivity index (χ0v) is 34.9. The van der Waals surface area contributed by atoms with E-state index in [-0.39, 0.29) is 30.7 Å². The third-order valence-corrected chi connectivity index (χ3v) is 14.4. The highest BCUT2D eigenvalue weighted by Gasteiger charge is 2.63. The van der Waals surface area contributed by atoms with Crippen molar-refractivity contribution in [3.8, 4) is 0 Å². The lowest BCUT2D eigenvalue weighted by Gasteiger charge is -2.61. The zero-order valence-electron chi connectivity index (χ0n) is 34.9. The number of nitrogens with one attached hydrogen (secondary N) is 1. The highest BCUT2D eigenvalue weighted by atomic mass is 16.7. The Morgan fingerprint density at radius 1 is 0.961 bits per heavy atom. The van der Waals surface area contributed by atoms with Gasteiger partial charge in [-0.3, -0.25) is 0 Å². The van der Waals surface area contributed by atoms with Crippen molar-refractivity contribution >= 4 is 6.29 Å². The number of nitrogens with zero attached hydrogens (tertiary/aromatic N) is 1. The number of aliphatic hydroxyl groups is 2. The maximum absolute atomic E-state index is 10.6. The first-order valence-electron chi connectivity index (χ1n) is 21.0. The SMILES string of the molecule is CC=O.CNCCN(C)CC(C)CCC[C@@H](C)C1C(OC2CC(OC(C)C)C(C)CO2)CC2C3CCC4CC(O)CCC4(C)C3CCC21C.CO. The van der Waals surface area contributed by atoms with Crippen LogP contribution in [-0.4, -0.2) is 99.6 Å². The van der Waals surface area contributed by atoms with E-state index in [1.54, 1.807) is 0 Å². The molecular weight excluding hydrogens is 640 g/mol. The molecule has 8 heteroatoms. The number of likely N-dealkylation sites (N-methyl/N-ethyl adjacent to an activating group) is 2. The minimum absolute atomic E-state index is 0.0730. The summed E-state index contributed by atoms with van der Waals surface area (Å²) >= 11 is 0. The van der Waals surface area contributed by atoms with E-state index in [2.05, 4.69) is 65.7 Å². The number of rotatable bonds is 14. The van der Waals surface area contributed by atoms with E-state index in [9.17, 15) is 5.11 Å². The van der Waals surface area contributed by atoms with Crippen molar-refractivity contribution in [3.05, 3.63) is 0 Å². The highest BCUT2D eigenvalue weighted by Crippen LogP contribution is 2.69. The standard InChI is InChI=1S/C40H74N2O4.C2H4O.CH4O/c1-26(2)45-35-23-37(44-25-29(35)5)46-36-22-34-32-14-13-30-21-31(43)15-17-39(30,6)33(32)16-18-40(34,7)38(36)28(4)12-10-11-27(3)24-42(9)20-19-41-8;1-2-3;1-2/h26-38,41,43H,10-25H2,1-9H3;2H,1H3;2H,1H3/t27?,28-,29?,30?,31?,32?,33?,34?,35?,36?,37?,38?,39?,40?;;/m1../s1. The van der Waals surface area contributed by atoms with Gasteiger partial charge in [0.1, 0.15) is 6.29 Å². The van der Waals surface area contributed by atoms with E-state index < -0.39 is 0 Å². The summed E-state index contributed by atoms with van der Waals surface area (Å²) in [6, 6.07) is 0. The van der Waals surface area contributed by atoms with Crippen molar-refractivity contribution in [1.29, 1.82) is 0 Å². The van der Waals surface area contributed by atoms with E-state index in [0.29, 0.717) is 34.5 Å². The van der Waals surface area contributed by atoms with Gasteiger partial charge in [-0.15, -0.1) is 0 Å². The smallest absolute Gasteiger partial charge is 0.160 e. The molecule has 0 spiro atoms. The molecule has 1 saturated heterocycles. The van der Waals surface area contributed by atoms with Crippen LogP contribution in [0.1, 0.15) is 132 Å². The van der Waals surface area contributed by atoms with Gasteiger partial charge in [0, 0.05) is 39.1 Å². The Bertz CT molecular complexity index is 1000. The molecule has 300 valence electrons. The number of hydrogen-bond donors (Lipinski definition) is 3. The predicted molar refractivity (Wildman–Crippen MR) is 208 cm³/mol. The number of hydrogen-bond acceptors (Lipinski definition) is 8. The maximum atomic E-state index is 10.6. The normalized spacial score (nSPS) is 40.1. The topological polar surface area (TPSA) is 100 Å². The number of fused-ring (bicyclic) bond motifs is 5. The molecule has 13 unspecified atom stereocenters. The van der Waals surface area contributed by atoms with Crippen molar-refractivity contribution in [3.63, 3.8) is 0 Å². The number of ether oxygens (including phenoxy) is 3. The van der Waals surface area contributed by atoms with Gasteiger partial charge in [-0.1, -0.05) is 47.5 Å². The van der Waals surface area contributed by atoms with Crippen LogP contribution in [0.25, 0.3) is 0 Å². The van der Waals surface area contributed by atoms with E-state index in [1.165, 1.54) is 71.3 Å². The molecule has 1 aliphatic heterocycles. The summed E-state index contributed by atoms with van der Waals surface area (Å²) in [7, 11) is 5.31. The minimum Gasteiger partial charge on any atom is -0.400 e. The lowest BCUT2D eigenvalue weighted by atomic mass is 9.44. The molecule has 51 heavy (non-hydrogen) atoms. The largest absolute Gasteiger partial charge is 0.400 e. The van der Waals surface area contributed by atoms with Crippen LogP contribution in [0.4, 0.5) is 0 Å². The molecule has 5 aliphatic rings. The summed E-state index contributed by atoms with van der Waals surface area (Å²) in [6.07, 6.45) is 15.8. The van der Waals surface area contributed by atoms with Gasteiger partial charge in [0.05, 0.1) is 31.0 Å². The first-order valence-corrected chi connectivity index (χ1v) is 21.0. The fourth-order valence-corrected chi connectivity index (χ4v) is 12.1. The van der Waals surface area contributed by atoms with Crippen LogP contribution in [0.15, 0.2) is 0 Å². The van der Waals surface area contributed by atoms with Crippen molar-refractivity contribution in [2.24, 2.45) is 58.2 Å². The summed E-state index contributed by atoms with van der Waals surface area (Å²) in [5, 5.41) is 20.8. The molecule has 3 N–H and O–H groups in total. The number of aldehydes is 1. The third-order valence-electron chi connectivity index (χ3n) is 14.4. The lowest BCUT2D eigenvalue weighted by molar-refractivity contribution is -0.239. The lowest BCUT2D eigenvalue weighted by Crippen LogP contribution is -2.54.